The normalized spacial score (nSPS) is 17.9. The van der Waals surface area contributed by atoms with E-state index < -0.39 is 11.5 Å². The molecule has 28 heavy (non-hydrogen) atoms. The van der Waals surface area contributed by atoms with E-state index in [-0.39, 0.29) is 12.4 Å². The van der Waals surface area contributed by atoms with Crippen molar-refractivity contribution in [2.24, 2.45) is 5.73 Å². The fraction of sp³-hybridized carbons (Fsp3) is 0.182. The number of hydrogen-bond acceptors (Lipinski definition) is 4. The third-order valence-corrected chi connectivity index (χ3v) is 5.03. The van der Waals surface area contributed by atoms with E-state index in [2.05, 4.69) is 4.98 Å². The van der Waals surface area contributed by atoms with Gasteiger partial charge >= 0.3 is 5.97 Å². The molecule has 0 spiro atoms. The molecule has 3 N–H and O–H groups in total. The van der Waals surface area contributed by atoms with E-state index >= 15 is 0 Å². The summed E-state index contributed by atoms with van der Waals surface area (Å²) in [7, 11) is 0. The molecule has 0 amide bonds. The second kappa shape index (κ2) is 8.00. The van der Waals surface area contributed by atoms with Crippen LogP contribution in [-0.2, 0) is 17.6 Å². The van der Waals surface area contributed by atoms with Crippen molar-refractivity contribution in [1.29, 1.82) is 0 Å². The molecule has 4 rings (SSSR count). The molecule has 1 aliphatic carbocycles. The largest absolute Gasteiger partial charge is 0.480 e. The molecule has 2 aromatic carbocycles. The van der Waals surface area contributed by atoms with Crippen molar-refractivity contribution in [3.63, 3.8) is 0 Å². The van der Waals surface area contributed by atoms with Gasteiger partial charge in [0.25, 0.3) is 0 Å². The molecule has 1 atom stereocenters. The molecule has 1 aromatic heterocycles. The highest BCUT2D eigenvalue weighted by molar-refractivity contribution is 5.85. The highest BCUT2D eigenvalue weighted by Crippen LogP contribution is 2.32. The van der Waals surface area contributed by atoms with Crippen LogP contribution in [0.25, 0.3) is 11.1 Å². The monoisotopic (exact) mass is 396 g/mol. The first kappa shape index (κ1) is 19.9. The van der Waals surface area contributed by atoms with E-state index in [0.717, 1.165) is 33.8 Å². The van der Waals surface area contributed by atoms with Crippen LogP contribution >= 0.6 is 12.4 Å². The average molecular weight is 397 g/mol. The van der Waals surface area contributed by atoms with E-state index in [1.54, 1.807) is 6.20 Å². The predicted molar refractivity (Wildman–Crippen MR) is 110 cm³/mol. The minimum absolute atomic E-state index is 0. The lowest BCUT2D eigenvalue weighted by atomic mass is 9.78. The Morgan fingerprint density at radius 3 is 2.46 bits per heavy atom. The Kier molecular flexibility index (Phi) is 5.68. The Balaban J connectivity index is 0.00000225. The van der Waals surface area contributed by atoms with Crippen LogP contribution in [0.5, 0.6) is 11.5 Å². The van der Waals surface area contributed by atoms with E-state index in [4.69, 9.17) is 10.5 Å². The number of aromatic nitrogens is 1. The van der Waals surface area contributed by atoms with E-state index in [9.17, 15) is 9.90 Å². The molecule has 0 saturated heterocycles. The SMILES string of the molecule is Cl.NC1(C(=O)O)CCc2cc(Oc3ccc(-c4cccnc4)cc3)ccc2C1. The second-order valence-electron chi connectivity index (χ2n) is 6.94. The first-order chi connectivity index (χ1) is 13.0. The number of carboxylic acids is 1. The van der Waals surface area contributed by atoms with Gasteiger partial charge in [0.15, 0.2) is 0 Å². The predicted octanol–water partition coefficient (Wildman–Crippen LogP) is 4.23. The van der Waals surface area contributed by atoms with Crippen molar-refractivity contribution >= 4 is 18.4 Å². The number of ether oxygens (including phenoxy) is 1. The standard InChI is InChI=1S/C22H20N2O3.ClH/c23-22(21(25)26)10-9-16-12-20(8-5-17(16)13-22)27-19-6-3-15(4-7-19)18-2-1-11-24-14-18;/h1-8,11-12,14H,9-10,13,23H2,(H,25,26);1H. The zero-order valence-electron chi connectivity index (χ0n) is 15.2. The van der Waals surface area contributed by atoms with Gasteiger partial charge in [-0.05, 0) is 65.4 Å². The van der Waals surface area contributed by atoms with Gasteiger partial charge in [-0.1, -0.05) is 24.3 Å². The van der Waals surface area contributed by atoms with Crippen LogP contribution in [0.15, 0.2) is 67.0 Å². The fourth-order valence-electron chi connectivity index (χ4n) is 3.42. The molecule has 0 aliphatic heterocycles. The van der Waals surface area contributed by atoms with Gasteiger partial charge in [-0.15, -0.1) is 12.4 Å². The van der Waals surface area contributed by atoms with Crippen molar-refractivity contribution in [2.75, 3.05) is 0 Å². The van der Waals surface area contributed by atoms with Gasteiger partial charge < -0.3 is 15.6 Å². The number of nitrogens with two attached hydrogens (primary N) is 1. The second-order valence-corrected chi connectivity index (χ2v) is 6.94. The Morgan fingerprint density at radius 1 is 1.04 bits per heavy atom. The molecule has 0 fully saturated rings. The van der Waals surface area contributed by atoms with Gasteiger partial charge in [-0.3, -0.25) is 9.78 Å². The van der Waals surface area contributed by atoms with Crippen LogP contribution in [0, 0.1) is 0 Å². The average Bonchev–Trinajstić information content (AvgIpc) is 2.69. The van der Waals surface area contributed by atoms with Crippen molar-refractivity contribution in [3.05, 3.63) is 78.1 Å². The summed E-state index contributed by atoms with van der Waals surface area (Å²) in [5, 5.41) is 9.32. The number of rotatable bonds is 4. The number of benzene rings is 2. The van der Waals surface area contributed by atoms with Crippen LogP contribution < -0.4 is 10.5 Å². The highest BCUT2D eigenvalue weighted by atomic mass is 35.5. The van der Waals surface area contributed by atoms with Gasteiger partial charge in [0.1, 0.15) is 17.0 Å². The maximum atomic E-state index is 11.4. The number of aliphatic carboxylic acids is 1. The Hall–Kier alpha value is -2.89. The van der Waals surface area contributed by atoms with Crippen LogP contribution in [-0.4, -0.2) is 21.6 Å². The van der Waals surface area contributed by atoms with E-state index in [0.29, 0.717) is 19.3 Å². The molecule has 0 saturated carbocycles. The van der Waals surface area contributed by atoms with Crippen LogP contribution in [0.4, 0.5) is 0 Å². The molecule has 144 valence electrons. The summed E-state index contributed by atoms with van der Waals surface area (Å²) >= 11 is 0. The molecule has 1 aliphatic rings. The third kappa shape index (κ3) is 4.01. The maximum absolute atomic E-state index is 11.4. The number of carboxylic acid groups (broad SMARTS) is 1. The van der Waals surface area contributed by atoms with E-state index in [1.165, 1.54) is 0 Å². The molecule has 3 aromatic rings. The minimum atomic E-state index is -1.17. The van der Waals surface area contributed by atoms with Gasteiger partial charge in [0.2, 0.25) is 0 Å². The number of pyridine rings is 1. The van der Waals surface area contributed by atoms with Gasteiger partial charge in [-0.25, -0.2) is 0 Å². The highest BCUT2D eigenvalue weighted by Gasteiger charge is 2.37. The summed E-state index contributed by atoms with van der Waals surface area (Å²) in [5.74, 6) is 0.544. The Bertz CT molecular complexity index is 977. The third-order valence-electron chi connectivity index (χ3n) is 5.03. The number of halogens is 1. The summed E-state index contributed by atoms with van der Waals surface area (Å²) in [6.07, 6.45) is 4.99. The number of hydrogen-bond donors (Lipinski definition) is 2. The molecular weight excluding hydrogens is 376 g/mol. The number of fused-ring (bicyclic) bond motifs is 1. The number of aryl methyl sites for hydroxylation is 1. The first-order valence-corrected chi connectivity index (χ1v) is 8.86. The lowest BCUT2D eigenvalue weighted by Crippen LogP contribution is -2.52. The zero-order chi connectivity index (χ0) is 18.9. The molecule has 0 radical (unpaired) electrons. The van der Waals surface area contributed by atoms with Gasteiger partial charge in [0.05, 0.1) is 0 Å². The van der Waals surface area contributed by atoms with Crippen LogP contribution in [0.3, 0.4) is 0 Å². The quantitative estimate of drug-likeness (QED) is 0.689. The van der Waals surface area contributed by atoms with Crippen molar-refractivity contribution in [2.45, 2.75) is 24.8 Å². The number of carbonyl (C=O) groups is 1. The lowest BCUT2D eigenvalue weighted by molar-refractivity contribution is -0.143. The summed E-state index contributed by atoms with van der Waals surface area (Å²) in [5.41, 5.74) is 9.05. The first-order valence-electron chi connectivity index (χ1n) is 8.86. The molecular formula is C22H21ClN2O3. The minimum Gasteiger partial charge on any atom is -0.480 e. The fourth-order valence-corrected chi connectivity index (χ4v) is 3.42. The van der Waals surface area contributed by atoms with E-state index in [1.807, 2.05) is 60.8 Å². The molecule has 6 heteroatoms. The van der Waals surface area contributed by atoms with Gasteiger partial charge in [-0.2, -0.15) is 0 Å². The Morgan fingerprint density at radius 2 is 1.79 bits per heavy atom. The molecule has 1 heterocycles. The topological polar surface area (TPSA) is 85.4 Å². The summed E-state index contributed by atoms with van der Waals surface area (Å²) in [4.78, 5) is 15.5. The lowest BCUT2D eigenvalue weighted by Gasteiger charge is -2.30. The van der Waals surface area contributed by atoms with Crippen LogP contribution in [0.1, 0.15) is 17.5 Å². The van der Waals surface area contributed by atoms with Gasteiger partial charge in [0, 0.05) is 18.8 Å². The maximum Gasteiger partial charge on any atom is 0.324 e. The molecule has 1 unspecified atom stereocenters. The summed E-state index contributed by atoms with van der Waals surface area (Å²) in [6, 6.07) is 17.5. The summed E-state index contributed by atoms with van der Waals surface area (Å²) in [6.45, 7) is 0. The Labute approximate surface area is 169 Å². The molecule has 0 bridgehead atoms. The number of nitrogens with zero attached hydrogens (tertiary/aromatic N) is 1. The smallest absolute Gasteiger partial charge is 0.324 e. The van der Waals surface area contributed by atoms with Crippen LogP contribution in [0.2, 0.25) is 0 Å². The molecule has 5 nitrogen and oxygen atoms in total. The summed E-state index contributed by atoms with van der Waals surface area (Å²) < 4.78 is 5.97. The van der Waals surface area contributed by atoms with Crippen molar-refractivity contribution in [3.8, 4) is 22.6 Å². The zero-order valence-corrected chi connectivity index (χ0v) is 16.0. The van der Waals surface area contributed by atoms with Crippen molar-refractivity contribution < 1.29 is 14.6 Å². The van der Waals surface area contributed by atoms with Crippen molar-refractivity contribution in [1.82, 2.24) is 4.98 Å².